The summed E-state index contributed by atoms with van der Waals surface area (Å²) in [7, 11) is 0. The van der Waals surface area contributed by atoms with Crippen LogP contribution in [0.25, 0.3) is 10.9 Å². The lowest BCUT2D eigenvalue weighted by Gasteiger charge is -2.12. The summed E-state index contributed by atoms with van der Waals surface area (Å²) in [5.74, 6) is 0.0661. The normalized spacial score (nSPS) is 21.1. The van der Waals surface area contributed by atoms with Crippen molar-refractivity contribution in [2.75, 3.05) is 6.61 Å². The lowest BCUT2D eigenvalue weighted by atomic mass is 10.1. The third-order valence-corrected chi connectivity index (χ3v) is 4.16. The van der Waals surface area contributed by atoms with Crippen LogP contribution in [0.2, 0.25) is 0 Å². The molecule has 1 aromatic heterocycles. The van der Waals surface area contributed by atoms with Gasteiger partial charge in [0.2, 0.25) is 0 Å². The average Bonchev–Trinajstić information content (AvgIpc) is 3.04. The Labute approximate surface area is 123 Å². The van der Waals surface area contributed by atoms with Crippen LogP contribution in [0.5, 0.6) is 0 Å². The van der Waals surface area contributed by atoms with Gasteiger partial charge in [0.15, 0.2) is 0 Å². The van der Waals surface area contributed by atoms with Gasteiger partial charge in [0.1, 0.15) is 5.69 Å². The summed E-state index contributed by atoms with van der Waals surface area (Å²) in [6.45, 7) is 4.14. The van der Waals surface area contributed by atoms with Gasteiger partial charge in [-0.2, -0.15) is 0 Å². The fourth-order valence-electron chi connectivity index (χ4n) is 2.93. The lowest BCUT2D eigenvalue weighted by molar-refractivity contribution is 0.0936. The Morgan fingerprint density at radius 2 is 2.19 bits per heavy atom. The van der Waals surface area contributed by atoms with Crippen LogP contribution in [0.15, 0.2) is 30.4 Å². The molecule has 110 valence electrons. The molecule has 0 aliphatic heterocycles. The van der Waals surface area contributed by atoms with Crippen molar-refractivity contribution in [1.29, 1.82) is 0 Å². The Hall–Kier alpha value is -2.07. The third-order valence-electron chi connectivity index (χ3n) is 4.16. The number of aromatic nitrogens is 1. The maximum absolute atomic E-state index is 12.4. The van der Waals surface area contributed by atoms with Crippen molar-refractivity contribution in [1.82, 2.24) is 10.3 Å². The van der Waals surface area contributed by atoms with Crippen molar-refractivity contribution in [2.45, 2.75) is 26.3 Å². The fourth-order valence-corrected chi connectivity index (χ4v) is 2.93. The van der Waals surface area contributed by atoms with Crippen LogP contribution < -0.4 is 5.32 Å². The van der Waals surface area contributed by atoms with E-state index in [0.29, 0.717) is 5.69 Å². The number of rotatable bonds is 3. The van der Waals surface area contributed by atoms with Crippen LogP contribution >= 0.6 is 0 Å². The molecular weight excluding hydrogens is 264 g/mol. The minimum atomic E-state index is -0.0883. The number of nitrogens with one attached hydrogen (secondary N) is 2. The highest BCUT2D eigenvalue weighted by Gasteiger charge is 2.22. The number of benzene rings is 1. The Morgan fingerprint density at radius 3 is 2.90 bits per heavy atom. The van der Waals surface area contributed by atoms with Gasteiger partial charge in [0.05, 0.1) is 0 Å². The van der Waals surface area contributed by atoms with E-state index in [-0.39, 0.29) is 24.5 Å². The Kier molecular flexibility index (Phi) is 3.55. The molecule has 21 heavy (non-hydrogen) atoms. The summed E-state index contributed by atoms with van der Waals surface area (Å²) in [5, 5.41) is 13.2. The molecule has 2 atom stereocenters. The van der Waals surface area contributed by atoms with E-state index >= 15 is 0 Å². The smallest absolute Gasteiger partial charge is 0.268 e. The van der Waals surface area contributed by atoms with E-state index in [2.05, 4.69) is 16.4 Å². The molecule has 0 radical (unpaired) electrons. The zero-order chi connectivity index (χ0) is 15.0. The third kappa shape index (κ3) is 2.59. The fraction of sp³-hybridized carbons (Fsp3) is 0.353. The van der Waals surface area contributed by atoms with Gasteiger partial charge < -0.3 is 15.4 Å². The molecule has 4 heteroatoms. The summed E-state index contributed by atoms with van der Waals surface area (Å²) in [6.07, 6.45) is 4.69. The first-order chi connectivity index (χ1) is 10.1. The topological polar surface area (TPSA) is 65.1 Å². The second-order valence-corrected chi connectivity index (χ2v) is 5.82. The molecule has 1 heterocycles. The van der Waals surface area contributed by atoms with E-state index in [9.17, 15) is 4.79 Å². The van der Waals surface area contributed by atoms with Crippen molar-refractivity contribution in [2.24, 2.45) is 5.92 Å². The second kappa shape index (κ2) is 5.37. The lowest BCUT2D eigenvalue weighted by Crippen LogP contribution is -2.33. The maximum Gasteiger partial charge on any atom is 0.268 e. The molecule has 3 N–H and O–H groups in total. The first kappa shape index (κ1) is 13.9. The molecule has 3 rings (SSSR count). The second-order valence-electron chi connectivity index (χ2n) is 5.82. The van der Waals surface area contributed by atoms with Crippen molar-refractivity contribution in [3.05, 3.63) is 47.2 Å². The molecular formula is C17H20N2O2. The highest BCUT2D eigenvalue weighted by atomic mass is 16.3. The molecule has 0 spiro atoms. The van der Waals surface area contributed by atoms with Gasteiger partial charge in [-0.05, 0) is 38.0 Å². The zero-order valence-corrected chi connectivity index (χ0v) is 12.3. The molecule has 0 saturated carbocycles. The van der Waals surface area contributed by atoms with Crippen molar-refractivity contribution < 1.29 is 9.90 Å². The maximum atomic E-state index is 12.4. The minimum Gasteiger partial charge on any atom is -0.396 e. The summed E-state index contributed by atoms with van der Waals surface area (Å²) in [4.78, 5) is 15.6. The quantitative estimate of drug-likeness (QED) is 0.758. The SMILES string of the molecule is Cc1ccc2[nH]c(C(=O)N[C@@H]3C=C[C@H](CO)C3)c(C)c2c1. The van der Waals surface area contributed by atoms with Crippen LogP contribution in [-0.2, 0) is 0 Å². The molecule has 1 aliphatic rings. The standard InChI is InChI=1S/C17H20N2O2/c1-10-3-6-15-14(7-10)11(2)16(19-15)17(21)18-13-5-4-12(8-13)9-20/h3-7,12-13,19-20H,8-9H2,1-2H3,(H,18,21)/t12-,13+/m0/s1. The van der Waals surface area contributed by atoms with E-state index in [0.717, 1.165) is 22.9 Å². The van der Waals surface area contributed by atoms with Crippen LogP contribution in [0.1, 0.15) is 28.0 Å². The molecule has 0 unspecified atom stereocenters. The molecule has 0 saturated heterocycles. The Morgan fingerprint density at radius 1 is 1.38 bits per heavy atom. The highest BCUT2D eigenvalue weighted by Crippen LogP contribution is 2.23. The van der Waals surface area contributed by atoms with E-state index in [1.54, 1.807) is 0 Å². The number of aryl methyl sites for hydroxylation is 2. The number of aliphatic hydroxyl groups excluding tert-OH is 1. The number of hydrogen-bond donors (Lipinski definition) is 3. The minimum absolute atomic E-state index is 0.00204. The largest absolute Gasteiger partial charge is 0.396 e. The Bertz CT molecular complexity index is 715. The molecule has 1 aliphatic carbocycles. The van der Waals surface area contributed by atoms with Gasteiger partial charge in [-0.1, -0.05) is 23.8 Å². The number of carbonyl (C=O) groups excluding carboxylic acids is 1. The van der Waals surface area contributed by atoms with Crippen LogP contribution in [0.3, 0.4) is 0 Å². The summed E-state index contributed by atoms with van der Waals surface area (Å²) in [6, 6.07) is 6.13. The van der Waals surface area contributed by atoms with Gasteiger partial charge >= 0.3 is 0 Å². The zero-order valence-electron chi connectivity index (χ0n) is 12.3. The van der Waals surface area contributed by atoms with E-state index in [1.807, 2.05) is 38.1 Å². The number of carbonyl (C=O) groups is 1. The summed E-state index contributed by atoms with van der Waals surface area (Å²) >= 11 is 0. The van der Waals surface area contributed by atoms with Gasteiger partial charge in [0.25, 0.3) is 5.91 Å². The predicted octanol–water partition coefficient (Wildman–Crippen LogP) is 2.45. The van der Waals surface area contributed by atoms with E-state index in [1.165, 1.54) is 5.56 Å². The molecule has 0 fully saturated rings. The predicted molar refractivity (Wildman–Crippen MR) is 83.4 cm³/mol. The van der Waals surface area contributed by atoms with Crippen LogP contribution in [0.4, 0.5) is 0 Å². The number of fused-ring (bicyclic) bond motifs is 1. The first-order valence-corrected chi connectivity index (χ1v) is 7.27. The molecule has 1 amide bonds. The van der Waals surface area contributed by atoms with Crippen molar-refractivity contribution >= 4 is 16.8 Å². The number of aromatic amines is 1. The van der Waals surface area contributed by atoms with Crippen LogP contribution in [0, 0.1) is 19.8 Å². The van der Waals surface area contributed by atoms with Crippen molar-refractivity contribution in [3.8, 4) is 0 Å². The number of H-pyrrole nitrogens is 1. The number of amides is 1. The molecule has 2 aromatic rings. The molecule has 0 bridgehead atoms. The average molecular weight is 284 g/mol. The van der Waals surface area contributed by atoms with Crippen LogP contribution in [-0.4, -0.2) is 28.6 Å². The molecule has 4 nitrogen and oxygen atoms in total. The summed E-state index contributed by atoms with van der Waals surface area (Å²) < 4.78 is 0. The molecule has 1 aromatic carbocycles. The van der Waals surface area contributed by atoms with Gasteiger partial charge in [-0.25, -0.2) is 0 Å². The number of hydrogen-bond acceptors (Lipinski definition) is 2. The summed E-state index contributed by atoms with van der Waals surface area (Å²) in [5.41, 5.74) is 3.77. The van der Waals surface area contributed by atoms with E-state index in [4.69, 9.17) is 5.11 Å². The van der Waals surface area contributed by atoms with Gasteiger partial charge in [-0.3, -0.25) is 4.79 Å². The van der Waals surface area contributed by atoms with Gasteiger partial charge in [0, 0.05) is 29.5 Å². The van der Waals surface area contributed by atoms with Crippen molar-refractivity contribution in [3.63, 3.8) is 0 Å². The first-order valence-electron chi connectivity index (χ1n) is 7.27. The highest BCUT2D eigenvalue weighted by molar-refractivity contribution is 6.01. The van der Waals surface area contributed by atoms with E-state index < -0.39 is 0 Å². The number of aliphatic hydroxyl groups is 1. The monoisotopic (exact) mass is 284 g/mol. The van der Waals surface area contributed by atoms with Gasteiger partial charge in [-0.15, -0.1) is 0 Å². The Balaban J connectivity index is 1.82.